The zero-order valence-electron chi connectivity index (χ0n) is 10.9. The van der Waals surface area contributed by atoms with Gasteiger partial charge in [-0.2, -0.15) is 0 Å². The second kappa shape index (κ2) is 6.68. The fourth-order valence-electron chi connectivity index (χ4n) is 1.65. The predicted molar refractivity (Wildman–Crippen MR) is 76.0 cm³/mol. The van der Waals surface area contributed by atoms with Crippen molar-refractivity contribution in [2.75, 3.05) is 13.7 Å². The molecular formula is C13H16BrN3O2. The highest BCUT2D eigenvalue weighted by Crippen LogP contribution is 2.31. The quantitative estimate of drug-likeness (QED) is 0.827. The van der Waals surface area contributed by atoms with Crippen LogP contribution in [0.2, 0.25) is 0 Å². The van der Waals surface area contributed by atoms with Gasteiger partial charge in [-0.3, -0.25) is 0 Å². The molecular weight excluding hydrogens is 310 g/mol. The van der Waals surface area contributed by atoms with Crippen LogP contribution in [0.3, 0.4) is 0 Å². The van der Waals surface area contributed by atoms with Crippen molar-refractivity contribution in [3.63, 3.8) is 0 Å². The standard InChI is InChI=1S/C13H16BrN3O2/c1-3-6-15-8-12-16-17-13(19-12)10-5-4-9(14)7-11(10)18-2/h4-5,7,15H,3,6,8H2,1-2H3. The van der Waals surface area contributed by atoms with Gasteiger partial charge in [0.05, 0.1) is 19.2 Å². The normalized spacial score (nSPS) is 10.7. The highest BCUT2D eigenvalue weighted by atomic mass is 79.9. The van der Waals surface area contributed by atoms with Crippen LogP contribution in [0, 0.1) is 0 Å². The molecule has 0 unspecified atom stereocenters. The van der Waals surface area contributed by atoms with E-state index in [-0.39, 0.29) is 0 Å². The van der Waals surface area contributed by atoms with Crippen LogP contribution in [0.4, 0.5) is 0 Å². The van der Waals surface area contributed by atoms with E-state index < -0.39 is 0 Å². The maximum atomic E-state index is 5.62. The maximum Gasteiger partial charge on any atom is 0.251 e. The Kier molecular flexibility index (Phi) is 4.93. The summed E-state index contributed by atoms with van der Waals surface area (Å²) >= 11 is 3.40. The lowest BCUT2D eigenvalue weighted by molar-refractivity contribution is 0.412. The van der Waals surface area contributed by atoms with Gasteiger partial charge in [-0.25, -0.2) is 0 Å². The minimum Gasteiger partial charge on any atom is -0.496 e. The second-order valence-corrected chi connectivity index (χ2v) is 4.94. The zero-order chi connectivity index (χ0) is 13.7. The topological polar surface area (TPSA) is 60.2 Å². The molecule has 0 saturated heterocycles. The van der Waals surface area contributed by atoms with Crippen LogP contribution in [-0.2, 0) is 6.54 Å². The zero-order valence-corrected chi connectivity index (χ0v) is 12.5. The van der Waals surface area contributed by atoms with Gasteiger partial charge in [0.25, 0.3) is 5.89 Å². The number of halogens is 1. The molecule has 0 aliphatic carbocycles. The molecule has 0 spiro atoms. The Morgan fingerprint density at radius 2 is 2.21 bits per heavy atom. The predicted octanol–water partition coefficient (Wildman–Crippen LogP) is 3.01. The number of hydrogen-bond donors (Lipinski definition) is 1. The van der Waals surface area contributed by atoms with Crippen molar-refractivity contribution < 1.29 is 9.15 Å². The van der Waals surface area contributed by atoms with Gasteiger partial charge < -0.3 is 14.5 Å². The molecule has 2 aromatic rings. The molecule has 0 amide bonds. The fraction of sp³-hybridized carbons (Fsp3) is 0.385. The third-order valence-electron chi connectivity index (χ3n) is 2.56. The smallest absolute Gasteiger partial charge is 0.251 e. The summed E-state index contributed by atoms with van der Waals surface area (Å²) in [6, 6.07) is 5.67. The van der Waals surface area contributed by atoms with E-state index in [0.717, 1.165) is 23.0 Å². The Bertz CT molecular complexity index is 542. The van der Waals surface area contributed by atoms with Gasteiger partial charge in [-0.1, -0.05) is 22.9 Å². The van der Waals surface area contributed by atoms with Crippen molar-refractivity contribution in [2.24, 2.45) is 0 Å². The van der Waals surface area contributed by atoms with Crippen LogP contribution in [0.25, 0.3) is 11.5 Å². The van der Waals surface area contributed by atoms with Gasteiger partial charge in [0.1, 0.15) is 5.75 Å². The number of nitrogens with one attached hydrogen (secondary N) is 1. The molecule has 0 fully saturated rings. The molecule has 0 aliphatic heterocycles. The Morgan fingerprint density at radius 3 is 2.95 bits per heavy atom. The van der Waals surface area contributed by atoms with E-state index in [2.05, 4.69) is 38.4 Å². The first-order valence-electron chi connectivity index (χ1n) is 6.11. The number of aromatic nitrogens is 2. The van der Waals surface area contributed by atoms with Crippen molar-refractivity contribution in [3.8, 4) is 17.2 Å². The van der Waals surface area contributed by atoms with Gasteiger partial charge in [-0.15, -0.1) is 10.2 Å². The lowest BCUT2D eigenvalue weighted by atomic mass is 10.2. The van der Waals surface area contributed by atoms with E-state index in [9.17, 15) is 0 Å². The molecule has 0 aliphatic rings. The highest BCUT2D eigenvalue weighted by molar-refractivity contribution is 9.10. The maximum absolute atomic E-state index is 5.62. The van der Waals surface area contributed by atoms with Crippen molar-refractivity contribution in [2.45, 2.75) is 19.9 Å². The molecule has 1 heterocycles. The molecule has 19 heavy (non-hydrogen) atoms. The first-order valence-corrected chi connectivity index (χ1v) is 6.91. The molecule has 1 N–H and O–H groups in total. The molecule has 5 nitrogen and oxygen atoms in total. The first-order chi connectivity index (χ1) is 9.24. The Balaban J connectivity index is 2.18. The van der Waals surface area contributed by atoms with Crippen molar-refractivity contribution >= 4 is 15.9 Å². The molecule has 0 saturated carbocycles. The summed E-state index contributed by atoms with van der Waals surface area (Å²) < 4.78 is 11.9. The van der Waals surface area contributed by atoms with Gasteiger partial charge in [0.15, 0.2) is 0 Å². The largest absolute Gasteiger partial charge is 0.496 e. The molecule has 1 aromatic heterocycles. The number of nitrogens with zero attached hydrogens (tertiary/aromatic N) is 2. The van der Waals surface area contributed by atoms with Crippen LogP contribution >= 0.6 is 15.9 Å². The van der Waals surface area contributed by atoms with E-state index in [4.69, 9.17) is 9.15 Å². The number of hydrogen-bond acceptors (Lipinski definition) is 5. The van der Waals surface area contributed by atoms with Crippen LogP contribution < -0.4 is 10.1 Å². The van der Waals surface area contributed by atoms with Gasteiger partial charge in [-0.05, 0) is 31.2 Å². The average molecular weight is 326 g/mol. The van der Waals surface area contributed by atoms with Gasteiger partial charge in [0.2, 0.25) is 5.89 Å². The molecule has 2 rings (SSSR count). The molecule has 0 atom stereocenters. The lowest BCUT2D eigenvalue weighted by Gasteiger charge is -2.05. The summed E-state index contributed by atoms with van der Waals surface area (Å²) in [6.45, 7) is 3.62. The first kappa shape index (κ1) is 14.0. The van der Waals surface area contributed by atoms with Crippen LogP contribution in [0.1, 0.15) is 19.2 Å². The SMILES string of the molecule is CCCNCc1nnc(-c2ccc(Br)cc2OC)o1. The van der Waals surface area contributed by atoms with Crippen LogP contribution in [0.15, 0.2) is 27.1 Å². The van der Waals surface area contributed by atoms with E-state index in [1.165, 1.54) is 0 Å². The van der Waals surface area contributed by atoms with E-state index >= 15 is 0 Å². The average Bonchev–Trinajstić information content (AvgIpc) is 2.87. The monoisotopic (exact) mass is 325 g/mol. The molecule has 0 radical (unpaired) electrons. The Hall–Kier alpha value is -1.40. The lowest BCUT2D eigenvalue weighted by Crippen LogP contribution is -2.13. The Labute approximate surface area is 120 Å². The third-order valence-corrected chi connectivity index (χ3v) is 3.06. The van der Waals surface area contributed by atoms with E-state index in [1.807, 2.05) is 18.2 Å². The molecule has 6 heteroatoms. The molecule has 1 aromatic carbocycles. The highest BCUT2D eigenvalue weighted by Gasteiger charge is 2.13. The van der Waals surface area contributed by atoms with E-state index in [1.54, 1.807) is 7.11 Å². The fourth-order valence-corrected chi connectivity index (χ4v) is 1.99. The summed E-state index contributed by atoms with van der Waals surface area (Å²) in [7, 11) is 1.62. The van der Waals surface area contributed by atoms with Gasteiger partial charge in [0, 0.05) is 4.47 Å². The number of ether oxygens (including phenoxy) is 1. The summed E-state index contributed by atoms with van der Waals surface area (Å²) in [5.74, 6) is 1.75. The van der Waals surface area contributed by atoms with Gasteiger partial charge >= 0.3 is 0 Å². The summed E-state index contributed by atoms with van der Waals surface area (Å²) in [6.07, 6.45) is 1.07. The number of methoxy groups -OCH3 is 1. The molecule has 0 bridgehead atoms. The summed E-state index contributed by atoms with van der Waals surface area (Å²) in [5.41, 5.74) is 0.792. The Morgan fingerprint density at radius 1 is 1.37 bits per heavy atom. The third kappa shape index (κ3) is 3.54. The van der Waals surface area contributed by atoms with Crippen LogP contribution in [0.5, 0.6) is 5.75 Å². The van der Waals surface area contributed by atoms with Crippen molar-refractivity contribution in [1.29, 1.82) is 0 Å². The number of benzene rings is 1. The van der Waals surface area contributed by atoms with E-state index in [0.29, 0.717) is 24.1 Å². The summed E-state index contributed by atoms with van der Waals surface area (Å²) in [5, 5.41) is 11.3. The number of rotatable bonds is 6. The minimum absolute atomic E-state index is 0.470. The second-order valence-electron chi connectivity index (χ2n) is 4.02. The molecule has 102 valence electrons. The van der Waals surface area contributed by atoms with Crippen molar-refractivity contribution in [3.05, 3.63) is 28.6 Å². The minimum atomic E-state index is 0.470. The summed E-state index contributed by atoms with van der Waals surface area (Å²) in [4.78, 5) is 0. The van der Waals surface area contributed by atoms with Crippen LogP contribution in [-0.4, -0.2) is 23.9 Å². The van der Waals surface area contributed by atoms with Crippen molar-refractivity contribution in [1.82, 2.24) is 15.5 Å².